The van der Waals surface area contributed by atoms with Crippen LogP contribution in [-0.2, 0) is 11.2 Å². The number of carbonyl (C=O) groups excluding carboxylic acids is 2. The summed E-state index contributed by atoms with van der Waals surface area (Å²) in [6.07, 6.45) is 2.03. The number of halogens is 3. The second-order valence-electron chi connectivity index (χ2n) is 6.50. The van der Waals surface area contributed by atoms with E-state index < -0.39 is 29.4 Å². The molecule has 0 radical (unpaired) electrons. The molecule has 2 amide bonds. The first-order valence-electron chi connectivity index (χ1n) is 8.74. The van der Waals surface area contributed by atoms with Crippen LogP contribution >= 0.6 is 0 Å². The summed E-state index contributed by atoms with van der Waals surface area (Å²) in [5, 5.41) is 2.55. The van der Waals surface area contributed by atoms with Gasteiger partial charge in [0.1, 0.15) is 6.04 Å². The van der Waals surface area contributed by atoms with Crippen LogP contribution in [0.1, 0.15) is 28.8 Å². The van der Waals surface area contributed by atoms with Crippen LogP contribution in [0.2, 0.25) is 0 Å². The van der Waals surface area contributed by atoms with Crippen molar-refractivity contribution in [2.45, 2.75) is 25.3 Å². The lowest BCUT2D eigenvalue weighted by Gasteiger charge is -2.24. The first kappa shape index (κ1) is 18.9. The highest BCUT2D eigenvalue weighted by Crippen LogP contribution is 2.16. The molecule has 4 nitrogen and oxygen atoms in total. The van der Waals surface area contributed by atoms with Crippen LogP contribution in [0.3, 0.4) is 0 Å². The number of hydrogen-bond donors (Lipinski definition) is 1. The number of likely N-dealkylation sites (tertiary alicyclic amines) is 1. The summed E-state index contributed by atoms with van der Waals surface area (Å²) in [6, 6.07) is 9.49. The van der Waals surface area contributed by atoms with Crippen LogP contribution in [-0.4, -0.2) is 35.8 Å². The molecule has 1 heterocycles. The SMILES string of the molecule is O=C(NC(Cc1ccccc1)C(=O)N1CCCC1)c1cc(F)c(F)c(F)c1. The van der Waals surface area contributed by atoms with Gasteiger partial charge in [-0.25, -0.2) is 13.2 Å². The van der Waals surface area contributed by atoms with Gasteiger partial charge in [0.2, 0.25) is 5.91 Å². The predicted octanol–water partition coefficient (Wildman–Crippen LogP) is 3.07. The van der Waals surface area contributed by atoms with E-state index in [-0.39, 0.29) is 17.9 Å². The van der Waals surface area contributed by atoms with Gasteiger partial charge >= 0.3 is 0 Å². The zero-order valence-corrected chi connectivity index (χ0v) is 14.6. The van der Waals surface area contributed by atoms with Gasteiger partial charge in [0.05, 0.1) is 0 Å². The number of nitrogens with one attached hydrogen (secondary N) is 1. The first-order valence-corrected chi connectivity index (χ1v) is 8.74. The minimum atomic E-state index is -1.64. The Kier molecular flexibility index (Phi) is 5.78. The van der Waals surface area contributed by atoms with Crippen molar-refractivity contribution in [1.29, 1.82) is 0 Å². The van der Waals surface area contributed by atoms with E-state index in [0.29, 0.717) is 25.2 Å². The van der Waals surface area contributed by atoms with Gasteiger partial charge < -0.3 is 10.2 Å². The van der Waals surface area contributed by atoms with Gasteiger partial charge in [-0.2, -0.15) is 0 Å². The van der Waals surface area contributed by atoms with E-state index in [0.717, 1.165) is 18.4 Å². The largest absolute Gasteiger partial charge is 0.341 e. The third kappa shape index (κ3) is 4.48. The summed E-state index contributed by atoms with van der Waals surface area (Å²) >= 11 is 0. The Morgan fingerprint density at radius 3 is 2.19 bits per heavy atom. The normalized spacial score (nSPS) is 14.9. The average Bonchev–Trinajstić information content (AvgIpc) is 3.20. The molecule has 2 aromatic carbocycles. The Morgan fingerprint density at radius 2 is 1.59 bits per heavy atom. The van der Waals surface area contributed by atoms with E-state index in [1.165, 1.54) is 0 Å². The maximum atomic E-state index is 13.4. The summed E-state index contributed by atoms with van der Waals surface area (Å²) in [7, 11) is 0. The van der Waals surface area contributed by atoms with Crippen molar-refractivity contribution in [3.05, 3.63) is 71.0 Å². The Balaban J connectivity index is 1.81. The second-order valence-corrected chi connectivity index (χ2v) is 6.50. The molecule has 1 fully saturated rings. The number of benzene rings is 2. The van der Waals surface area contributed by atoms with E-state index in [2.05, 4.69) is 5.32 Å². The Morgan fingerprint density at radius 1 is 1.00 bits per heavy atom. The molecule has 7 heteroatoms. The zero-order chi connectivity index (χ0) is 19.4. The van der Waals surface area contributed by atoms with E-state index in [1.54, 1.807) is 4.90 Å². The van der Waals surface area contributed by atoms with Gasteiger partial charge in [0.25, 0.3) is 5.91 Å². The molecule has 1 aliphatic heterocycles. The van der Waals surface area contributed by atoms with Crippen molar-refractivity contribution in [1.82, 2.24) is 10.2 Å². The highest BCUT2D eigenvalue weighted by molar-refractivity contribution is 5.97. The minimum absolute atomic E-state index is 0.243. The molecule has 0 aromatic heterocycles. The van der Waals surface area contributed by atoms with Crippen LogP contribution in [0, 0.1) is 17.5 Å². The number of carbonyl (C=O) groups is 2. The predicted molar refractivity (Wildman–Crippen MR) is 93.5 cm³/mol. The second kappa shape index (κ2) is 8.24. The van der Waals surface area contributed by atoms with E-state index in [4.69, 9.17) is 0 Å². The maximum absolute atomic E-state index is 13.4. The van der Waals surface area contributed by atoms with Crippen molar-refractivity contribution in [3.63, 3.8) is 0 Å². The topological polar surface area (TPSA) is 49.4 Å². The molecule has 27 heavy (non-hydrogen) atoms. The quantitative estimate of drug-likeness (QED) is 0.816. The number of hydrogen-bond acceptors (Lipinski definition) is 2. The smallest absolute Gasteiger partial charge is 0.252 e. The highest BCUT2D eigenvalue weighted by Gasteiger charge is 2.28. The lowest BCUT2D eigenvalue weighted by Crippen LogP contribution is -2.49. The van der Waals surface area contributed by atoms with Crippen molar-refractivity contribution >= 4 is 11.8 Å². The molecule has 3 rings (SSSR count). The average molecular weight is 376 g/mol. The molecule has 1 atom stereocenters. The number of amides is 2. The molecule has 1 unspecified atom stereocenters. The fourth-order valence-electron chi connectivity index (χ4n) is 3.14. The van der Waals surface area contributed by atoms with E-state index in [1.807, 2.05) is 30.3 Å². The van der Waals surface area contributed by atoms with Crippen molar-refractivity contribution in [3.8, 4) is 0 Å². The summed E-state index contributed by atoms with van der Waals surface area (Å²) in [5.74, 6) is -5.62. The molecular weight excluding hydrogens is 357 g/mol. The van der Waals surface area contributed by atoms with Crippen molar-refractivity contribution < 1.29 is 22.8 Å². The lowest BCUT2D eigenvalue weighted by molar-refractivity contribution is -0.132. The van der Waals surface area contributed by atoms with Gasteiger partial charge in [-0.15, -0.1) is 0 Å². The van der Waals surface area contributed by atoms with E-state index >= 15 is 0 Å². The van der Waals surface area contributed by atoms with Crippen LogP contribution in [0.25, 0.3) is 0 Å². The zero-order valence-electron chi connectivity index (χ0n) is 14.6. The van der Waals surface area contributed by atoms with Gasteiger partial charge in [0, 0.05) is 25.1 Å². The minimum Gasteiger partial charge on any atom is -0.341 e. The lowest BCUT2D eigenvalue weighted by atomic mass is 10.0. The van der Waals surface area contributed by atoms with Crippen LogP contribution in [0.15, 0.2) is 42.5 Å². The van der Waals surface area contributed by atoms with Gasteiger partial charge in [0.15, 0.2) is 17.5 Å². The summed E-state index contributed by atoms with van der Waals surface area (Å²) in [6.45, 7) is 1.22. The monoisotopic (exact) mass is 376 g/mol. The van der Waals surface area contributed by atoms with E-state index in [9.17, 15) is 22.8 Å². The van der Waals surface area contributed by atoms with Crippen molar-refractivity contribution in [2.75, 3.05) is 13.1 Å². The molecule has 1 aliphatic rings. The third-order valence-corrected chi connectivity index (χ3v) is 4.55. The molecule has 0 saturated carbocycles. The van der Waals surface area contributed by atoms with Gasteiger partial charge in [-0.05, 0) is 30.5 Å². The molecule has 0 aliphatic carbocycles. The van der Waals surface area contributed by atoms with Gasteiger partial charge in [-0.3, -0.25) is 9.59 Å². The van der Waals surface area contributed by atoms with Crippen LogP contribution in [0.4, 0.5) is 13.2 Å². The summed E-state index contributed by atoms with van der Waals surface area (Å²) in [4.78, 5) is 26.9. The molecule has 2 aromatic rings. The molecule has 0 bridgehead atoms. The number of nitrogens with zero attached hydrogens (tertiary/aromatic N) is 1. The Labute approximate surface area is 155 Å². The summed E-state index contributed by atoms with van der Waals surface area (Å²) < 4.78 is 40.0. The van der Waals surface area contributed by atoms with Crippen molar-refractivity contribution in [2.24, 2.45) is 0 Å². The van der Waals surface area contributed by atoms with Gasteiger partial charge in [-0.1, -0.05) is 30.3 Å². The first-order chi connectivity index (χ1) is 13.0. The fraction of sp³-hybridized carbons (Fsp3) is 0.300. The Hall–Kier alpha value is -2.83. The maximum Gasteiger partial charge on any atom is 0.252 e. The third-order valence-electron chi connectivity index (χ3n) is 4.55. The number of rotatable bonds is 5. The highest BCUT2D eigenvalue weighted by atomic mass is 19.2. The molecule has 1 saturated heterocycles. The Bertz CT molecular complexity index is 813. The van der Waals surface area contributed by atoms with Crippen LogP contribution < -0.4 is 5.32 Å². The molecular formula is C20H19F3N2O2. The van der Waals surface area contributed by atoms with Crippen LogP contribution in [0.5, 0.6) is 0 Å². The summed E-state index contributed by atoms with van der Waals surface area (Å²) in [5.41, 5.74) is 0.463. The standard InChI is InChI=1S/C20H19F3N2O2/c21-15-11-14(12-16(22)18(15)23)19(26)24-17(10-13-6-2-1-3-7-13)20(27)25-8-4-5-9-25/h1-3,6-7,11-12,17H,4-5,8-10H2,(H,24,26). The molecule has 142 valence electrons. The fourth-order valence-corrected chi connectivity index (χ4v) is 3.14. The molecule has 1 N–H and O–H groups in total. The molecule has 0 spiro atoms.